The smallest absolute Gasteiger partial charge is 0.415 e. The molecule has 9 heteroatoms. The Labute approximate surface area is 166 Å². The van der Waals surface area contributed by atoms with Crippen molar-refractivity contribution in [3.05, 3.63) is 41.9 Å². The topological polar surface area (TPSA) is 86.3 Å². The van der Waals surface area contributed by atoms with E-state index < -0.39 is 17.5 Å². The lowest BCUT2D eigenvalue weighted by atomic mass is 10.1. The van der Waals surface area contributed by atoms with Crippen LogP contribution in [0.4, 0.5) is 14.9 Å². The highest BCUT2D eigenvalue weighted by atomic mass is 19.1. The van der Waals surface area contributed by atoms with Gasteiger partial charge < -0.3 is 9.26 Å². The molecule has 0 radical (unpaired) electrons. The highest BCUT2D eigenvalue weighted by molar-refractivity contribution is 5.92. The van der Waals surface area contributed by atoms with Gasteiger partial charge in [0, 0.05) is 5.92 Å². The predicted molar refractivity (Wildman–Crippen MR) is 101 cm³/mol. The Morgan fingerprint density at radius 2 is 2.10 bits per heavy atom. The first-order chi connectivity index (χ1) is 13.8. The van der Waals surface area contributed by atoms with E-state index in [0.717, 1.165) is 12.8 Å². The minimum absolute atomic E-state index is 0.0688. The molecular formula is C20H20FN5O3. The molecule has 150 valence electrons. The number of imidazole rings is 1. The molecule has 3 heterocycles. The second kappa shape index (κ2) is 6.13. The summed E-state index contributed by atoms with van der Waals surface area (Å²) in [6, 6.07) is 4.64. The van der Waals surface area contributed by atoms with Crippen LogP contribution in [0, 0.1) is 5.82 Å². The van der Waals surface area contributed by atoms with Gasteiger partial charge in [-0.05, 0) is 45.7 Å². The number of ether oxygens (including phenoxy) is 1. The fourth-order valence-electron chi connectivity index (χ4n) is 3.42. The SMILES string of the molecule is CC(C)(C)OC(=O)N1Cc2c(-c3nc(C4CC4)no3)ncn2-c2cccc(F)c21. The summed E-state index contributed by atoms with van der Waals surface area (Å²) >= 11 is 0. The molecule has 1 aromatic carbocycles. The van der Waals surface area contributed by atoms with Crippen LogP contribution >= 0.6 is 0 Å². The van der Waals surface area contributed by atoms with Gasteiger partial charge in [-0.25, -0.2) is 14.2 Å². The first-order valence-electron chi connectivity index (χ1n) is 9.51. The van der Waals surface area contributed by atoms with Crippen LogP contribution < -0.4 is 4.90 Å². The summed E-state index contributed by atoms with van der Waals surface area (Å²) in [6.07, 6.45) is 3.06. The van der Waals surface area contributed by atoms with Crippen LogP contribution in [0.25, 0.3) is 17.3 Å². The molecule has 8 nitrogen and oxygen atoms in total. The first-order valence-corrected chi connectivity index (χ1v) is 9.51. The van der Waals surface area contributed by atoms with E-state index in [4.69, 9.17) is 9.26 Å². The molecule has 1 aliphatic heterocycles. The number of benzene rings is 1. The average Bonchev–Trinajstić information content (AvgIpc) is 3.23. The molecule has 3 aromatic rings. The molecule has 1 fully saturated rings. The summed E-state index contributed by atoms with van der Waals surface area (Å²) in [5.41, 5.74) is 1.07. The number of carbonyl (C=O) groups is 1. The molecule has 1 aliphatic carbocycles. The third-order valence-electron chi connectivity index (χ3n) is 4.87. The van der Waals surface area contributed by atoms with Crippen molar-refractivity contribution in [3.63, 3.8) is 0 Å². The third-order valence-corrected chi connectivity index (χ3v) is 4.87. The maximum Gasteiger partial charge on any atom is 0.415 e. The van der Waals surface area contributed by atoms with Gasteiger partial charge in [-0.1, -0.05) is 11.2 Å². The molecule has 0 spiro atoms. The van der Waals surface area contributed by atoms with Crippen LogP contribution in [0.5, 0.6) is 0 Å². The summed E-state index contributed by atoms with van der Waals surface area (Å²) in [5.74, 6) is 0.805. The van der Waals surface area contributed by atoms with Gasteiger partial charge in [0.1, 0.15) is 23.4 Å². The zero-order valence-corrected chi connectivity index (χ0v) is 16.3. The Morgan fingerprint density at radius 3 is 2.83 bits per heavy atom. The van der Waals surface area contributed by atoms with Crippen molar-refractivity contribution in [3.8, 4) is 17.3 Å². The largest absolute Gasteiger partial charge is 0.443 e. The molecule has 0 saturated heterocycles. The molecule has 0 bridgehead atoms. The molecule has 5 rings (SSSR count). The van der Waals surface area contributed by atoms with Gasteiger partial charge >= 0.3 is 6.09 Å². The predicted octanol–water partition coefficient (Wildman–Crippen LogP) is 4.19. The summed E-state index contributed by atoms with van der Waals surface area (Å²) < 4.78 is 27.4. The highest BCUT2D eigenvalue weighted by Crippen LogP contribution is 2.41. The number of carbonyl (C=O) groups excluding carboxylic acids is 1. The molecular weight excluding hydrogens is 377 g/mol. The monoisotopic (exact) mass is 397 g/mol. The number of para-hydroxylation sites is 1. The lowest BCUT2D eigenvalue weighted by molar-refractivity contribution is 0.0574. The quantitative estimate of drug-likeness (QED) is 0.644. The van der Waals surface area contributed by atoms with Gasteiger partial charge in [0.05, 0.1) is 17.9 Å². The number of anilines is 1. The maximum atomic E-state index is 14.7. The number of rotatable bonds is 2. The van der Waals surface area contributed by atoms with Crippen LogP contribution in [0.15, 0.2) is 29.0 Å². The zero-order chi connectivity index (χ0) is 20.3. The van der Waals surface area contributed by atoms with Gasteiger partial charge in [0.15, 0.2) is 11.5 Å². The van der Waals surface area contributed by atoms with Crippen LogP contribution in [-0.4, -0.2) is 31.4 Å². The minimum Gasteiger partial charge on any atom is -0.443 e. The van der Waals surface area contributed by atoms with Crippen molar-refractivity contribution < 1.29 is 18.4 Å². The van der Waals surface area contributed by atoms with Crippen LogP contribution in [0.3, 0.4) is 0 Å². The van der Waals surface area contributed by atoms with E-state index in [9.17, 15) is 9.18 Å². The van der Waals surface area contributed by atoms with Crippen molar-refractivity contribution in [1.29, 1.82) is 0 Å². The number of nitrogens with zero attached hydrogens (tertiary/aromatic N) is 5. The summed E-state index contributed by atoms with van der Waals surface area (Å²) in [4.78, 5) is 23.0. The Hall–Kier alpha value is -3.23. The summed E-state index contributed by atoms with van der Waals surface area (Å²) in [7, 11) is 0. The first kappa shape index (κ1) is 17.8. The van der Waals surface area contributed by atoms with E-state index in [1.807, 2.05) is 0 Å². The highest BCUT2D eigenvalue weighted by Gasteiger charge is 2.36. The van der Waals surface area contributed by atoms with Crippen LogP contribution in [0.1, 0.15) is 51.0 Å². The Kier molecular flexibility index (Phi) is 3.77. The van der Waals surface area contributed by atoms with Gasteiger partial charge in [0.2, 0.25) is 0 Å². The molecule has 1 saturated carbocycles. The second-order valence-electron chi connectivity index (χ2n) is 8.32. The average molecular weight is 397 g/mol. The van der Waals surface area contributed by atoms with Crippen molar-refractivity contribution in [2.75, 3.05) is 4.90 Å². The molecule has 0 unspecified atom stereocenters. The molecule has 1 amide bonds. The number of aromatic nitrogens is 4. The van der Waals surface area contributed by atoms with E-state index in [1.165, 1.54) is 11.0 Å². The number of hydrogen-bond acceptors (Lipinski definition) is 6. The normalized spacial score (nSPS) is 15.8. The van der Waals surface area contributed by atoms with Crippen molar-refractivity contribution >= 4 is 11.8 Å². The Morgan fingerprint density at radius 1 is 1.31 bits per heavy atom. The molecule has 29 heavy (non-hydrogen) atoms. The fourth-order valence-corrected chi connectivity index (χ4v) is 3.42. The van der Waals surface area contributed by atoms with E-state index in [1.54, 1.807) is 43.8 Å². The minimum atomic E-state index is -0.714. The lowest BCUT2D eigenvalue weighted by Gasteiger charge is -2.32. The van der Waals surface area contributed by atoms with Crippen molar-refractivity contribution in [1.82, 2.24) is 19.7 Å². The zero-order valence-electron chi connectivity index (χ0n) is 16.3. The van der Waals surface area contributed by atoms with Gasteiger partial charge in [-0.15, -0.1) is 0 Å². The molecule has 2 aliphatic rings. The van der Waals surface area contributed by atoms with E-state index in [0.29, 0.717) is 34.7 Å². The summed E-state index contributed by atoms with van der Waals surface area (Å²) in [5, 5.41) is 4.04. The van der Waals surface area contributed by atoms with Crippen molar-refractivity contribution in [2.45, 2.75) is 51.7 Å². The van der Waals surface area contributed by atoms with Crippen LogP contribution in [-0.2, 0) is 11.3 Å². The number of fused-ring (bicyclic) bond motifs is 3. The molecule has 0 atom stereocenters. The number of amides is 1. The number of hydrogen-bond donors (Lipinski definition) is 0. The van der Waals surface area contributed by atoms with Crippen LogP contribution in [0.2, 0.25) is 0 Å². The molecule has 2 aromatic heterocycles. The Bertz CT molecular complexity index is 1110. The number of halogens is 1. The van der Waals surface area contributed by atoms with Gasteiger partial charge in [0.25, 0.3) is 5.89 Å². The summed E-state index contributed by atoms with van der Waals surface area (Å²) in [6.45, 7) is 5.37. The third kappa shape index (κ3) is 3.06. The van der Waals surface area contributed by atoms with Crippen molar-refractivity contribution in [2.24, 2.45) is 0 Å². The standard InChI is InChI=1S/C20H20FN5O3/c1-20(2,3)28-19(27)25-9-14-15(18-23-17(24-29-18)11-7-8-11)22-10-26(14)13-6-4-5-12(21)16(13)25/h4-6,10-11H,7-9H2,1-3H3. The van der Waals surface area contributed by atoms with E-state index in [2.05, 4.69) is 15.1 Å². The lowest BCUT2D eigenvalue weighted by Crippen LogP contribution is -2.40. The van der Waals surface area contributed by atoms with Gasteiger partial charge in [-0.2, -0.15) is 4.98 Å². The fraction of sp³-hybridized carbons (Fsp3) is 0.400. The second-order valence-corrected chi connectivity index (χ2v) is 8.32. The van der Waals surface area contributed by atoms with Gasteiger partial charge in [-0.3, -0.25) is 9.47 Å². The van der Waals surface area contributed by atoms with E-state index >= 15 is 0 Å². The Balaban J connectivity index is 1.60. The maximum absolute atomic E-state index is 14.7. The molecule has 0 N–H and O–H groups in total. The van der Waals surface area contributed by atoms with E-state index in [-0.39, 0.29) is 12.2 Å².